The van der Waals surface area contributed by atoms with Gasteiger partial charge in [-0.25, -0.2) is 14.2 Å². The van der Waals surface area contributed by atoms with Gasteiger partial charge >= 0.3 is 11.9 Å². The van der Waals surface area contributed by atoms with Gasteiger partial charge in [0.1, 0.15) is 11.5 Å². The molecule has 0 aliphatic rings. The second-order valence-corrected chi connectivity index (χ2v) is 6.80. The van der Waals surface area contributed by atoms with Crippen LogP contribution in [-0.2, 0) is 18.5 Å². The maximum absolute atomic E-state index is 13.7. The maximum Gasteiger partial charge on any atom is 0.359 e. The lowest BCUT2D eigenvalue weighted by Crippen LogP contribution is -2.24. The highest BCUT2D eigenvalue weighted by Crippen LogP contribution is 2.26. The molecule has 1 aromatic heterocycles. The molecule has 0 saturated carbocycles. The molecule has 2 aromatic rings. The van der Waals surface area contributed by atoms with Crippen molar-refractivity contribution in [3.63, 3.8) is 0 Å². The van der Waals surface area contributed by atoms with Crippen molar-refractivity contribution >= 4 is 35.6 Å². The third kappa shape index (κ3) is 7.78. The van der Waals surface area contributed by atoms with Gasteiger partial charge in [0.05, 0.1) is 30.1 Å². The predicted octanol–water partition coefficient (Wildman–Crippen LogP) is 4.58. The Labute approximate surface area is 176 Å². The third-order valence-electron chi connectivity index (χ3n) is 3.29. The summed E-state index contributed by atoms with van der Waals surface area (Å²) in [5.74, 6) is -0.824. The summed E-state index contributed by atoms with van der Waals surface area (Å²) in [5.41, 5.74) is 0. The van der Waals surface area contributed by atoms with Crippen LogP contribution in [0.25, 0.3) is 0 Å². The Bertz CT molecular complexity index is 836. The fourth-order valence-corrected chi connectivity index (χ4v) is 2.68. The molecule has 0 aliphatic heterocycles. The molecule has 0 radical (unpaired) electrons. The van der Waals surface area contributed by atoms with Crippen LogP contribution in [0.15, 0.2) is 36.5 Å². The Hall–Kier alpha value is -2.52. The van der Waals surface area contributed by atoms with Gasteiger partial charge in [-0.2, -0.15) is 0 Å². The van der Waals surface area contributed by atoms with Crippen LogP contribution < -0.4 is 9.47 Å². The molecule has 0 aliphatic carbocycles. The Morgan fingerprint density at radius 1 is 1.24 bits per heavy atom. The van der Waals surface area contributed by atoms with Gasteiger partial charge in [-0.15, -0.1) is 0 Å². The lowest BCUT2D eigenvalue weighted by molar-refractivity contribution is -0.143. The van der Waals surface area contributed by atoms with E-state index in [2.05, 4.69) is 4.98 Å². The van der Waals surface area contributed by atoms with Crippen molar-refractivity contribution in [2.45, 2.75) is 26.4 Å². The first-order chi connectivity index (χ1) is 13.9. The van der Waals surface area contributed by atoms with E-state index in [1.54, 1.807) is 19.1 Å². The molecule has 0 saturated heterocycles. The Balaban J connectivity index is 1.79. The zero-order chi connectivity index (χ0) is 21.2. The van der Waals surface area contributed by atoms with Crippen molar-refractivity contribution in [1.29, 1.82) is 0 Å². The maximum atomic E-state index is 13.7. The van der Waals surface area contributed by atoms with Crippen molar-refractivity contribution in [1.82, 2.24) is 4.98 Å². The van der Waals surface area contributed by atoms with E-state index in [9.17, 15) is 14.0 Å². The molecule has 1 atom stereocenters. The van der Waals surface area contributed by atoms with Crippen molar-refractivity contribution in [2.75, 3.05) is 12.4 Å². The molecule has 10 heteroatoms. The average Bonchev–Trinajstić information content (AvgIpc) is 2.69. The number of rotatable bonds is 10. The van der Waals surface area contributed by atoms with Crippen LogP contribution in [0.2, 0.25) is 5.02 Å². The van der Waals surface area contributed by atoms with E-state index in [0.29, 0.717) is 23.9 Å². The minimum atomic E-state index is -0.868. The number of benzene rings is 1. The Morgan fingerprint density at radius 3 is 2.59 bits per heavy atom. The normalized spacial score (nSPS) is 11.4. The van der Waals surface area contributed by atoms with Gasteiger partial charge in [-0.1, -0.05) is 11.6 Å². The molecule has 0 N–H and O–H groups in total. The summed E-state index contributed by atoms with van der Waals surface area (Å²) in [4.78, 5) is 26.9. The van der Waals surface area contributed by atoms with Crippen LogP contribution in [0.5, 0.6) is 17.4 Å². The molecule has 7 nitrogen and oxygen atoms in total. The topological polar surface area (TPSA) is 84.0 Å². The second-order valence-electron chi connectivity index (χ2n) is 5.55. The van der Waals surface area contributed by atoms with E-state index in [1.807, 2.05) is 0 Å². The summed E-state index contributed by atoms with van der Waals surface area (Å²) in [6.07, 6.45) is 0.549. The number of aromatic nitrogens is 1. The molecule has 2 rings (SSSR count). The highest BCUT2D eigenvalue weighted by Gasteiger charge is 2.17. The molecule has 0 bridgehead atoms. The van der Waals surface area contributed by atoms with E-state index < -0.39 is 17.9 Å². The summed E-state index contributed by atoms with van der Waals surface area (Å²) in [7, 11) is 0. The standard InChI is InChI=1S/C19H19ClFNO6S/c1-3-25-17(23)8-9-29-28-19(24)12(2)26-14-4-6-15(7-5-14)27-18-16(21)10-13(20)11-22-18/h4-7,10-12H,3,8-9H2,1-2H3. The fourth-order valence-electron chi connectivity index (χ4n) is 1.95. The van der Waals surface area contributed by atoms with E-state index >= 15 is 0 Å². The lowest BCUT2D eigenvalue weighted by atomic mass is 10.3. The number of carbonyl (C=O) groups is 2. The van der Waals surface area contributed by atoms with Gasteiger partial charge in [0.15, 0.2) is 11.9 Å². The van der Waals surface area contributed by atoms with Gasteiger partial charge in [0, 0.05) is 11.9 Å². The summed E-state index contributed by atoms with van der Waals surface area (Å²) in [5, 5.41) is 0.165. The van der Waals surface area contributed by atoms with E-state index in [-0.39, 0.29) is 23.3 Å². The van der Waals surface area contributed by atoms with E-state index in [4.69, 9.17) is 30.0 Å². The highest BCUT2D eigenvalue weighted by atomic mass is 35.5. The van der Waals surface area contributed by atoms with Crippen LogP contribution in [-0.4, -0.2) is 35.4 Å². The van der Waals surface area contributed by atoms with Gasteiger partial charge in [-0.05, 0) is 44.2 Å². The van der Waals surface area contributed by atoms with Crippen molar-refractivity contribution < 1.29 is 32.4 Å². The number of nitrogens with zero attached hydrogens (tertiary/aromatic N) is 1. The molecule has 1 unspecified atom stereocenters. The SMILES string of the molecule is CCOC(=O)CCSOC(=O)C(C)Oc1ccc(Oc2ncc(Cl)cc2F)cc1. The summed E-state index contributed by atoms with van der Waals surface area (Å²) in [6, 6.07) is 7.29. The molecule has 1 aromatic carbocycles. The zero-order valence-electron chi connectivity index (χ0n) is 15.7. The molecule has 156 valence electrons. The van der Waals surface area contributed by atoms with Crippen molar-refractivity contribution in [3.05, 3.63) is 47.4 Å². The number of carbonyl (C=O) groups excluding carboxylic acids is 2. The van der Waals surface area contributed by atoms with Gasteiger partial charge in [-0.3, -0.25) is 4.79 Å². The molecule has 29 heavy (non-hydrogen) atoms. The van der Waals surface area contributed by atoms with E-state index in [0.717, 1.165) is 18.1 Å². The smallest absolute Gasteiger partial charge is 0.359 e. The van der Waals surface area contributed by atoms with Gasteiger partial charge in [0.2, 0.25) is 0 Å². The van der Waals surface area contributed by atoms with Crippen molar-refractivity contribution in [3.8, 4) is 17.4 Å². The highest BCUT2D eigenvalue weighted by molar-refractivity contribution is 7.95. The average molecular weight is 444 g/mol. The molecule has 1 heterocycles. The third-order valence-corrected chi connectivity index (χ3v) is 4.15. The first-order valence-electron chi connectivity index (χ1n) is 8.63. The first-order valence-corrected chi connectivity index (χ1v) is 9.92. The largest absolute Gasteiger partial charge is 0.479 e. The minimum absolute atomic E-state index is 0.144. The Kier molecular flexibility index (Phi) is 9.01. The number of hydrogen-bond acceptors (Lipinski definition) is 8. The van der Waals surface area contributed by atoms with Crippen LogP contribution in [0.4, 0.5) is 4.39 Å². The summed E-state index contributed by atoms with van der Waals surface area (Å²) in [6.45, 7) is 3.56. The van der Waals surface area contributed by atoms with Crippen molar-refractivity contribution in [2.24, 2.45) is 0 Å². The summed E-state index contributed by atoms with van der Waals surface area (Å²) >= 11 is 6.50. The molecule has 0 spiro atoms. The first kappa shape index (κ1) is 22.8. The van der Waals surface area contributed by atoms with Gasteiger partial charge in [0.25, 0.3) is 5.88 Å². The number of hydrogen-bond donors (Lipinski definition) is 0. The lowest BCUT2D eigenvalue weighted by Gasteiger charge is -2.13. The van der Waals surface area contributed by atoms with Crippen LogP contribution >= 0.6 is 23.6 Å². The predicted molar refractivity (Wildman–Crippen MR) is 106 cm³/mol. The Morgan fingerprint density at radius 2 is 1.93 bits per heavy atom. The quantitative estimate of drug-likeness (QED) is 0.300. The molecule has 0 amide bonds. The van der Waals surface area contributed by atoms with Gasteiger partial charge < -0.3 is 18.4 Å². The molecular formula is C19H19ClFNO6S. The number of halogens is 2. The van der Waals surface area contributed by atoms with Crippen LogP contribution in [0, 0.1) is 5.82 Å². The number of pyridine rings is 1. The van der Waals surface area contributed by atoms with Crippen LogP contribution in [0.1, 0.15) is 20.3 Å². The monoisotopic (exact) mass is 443 g/mol. The number of esters is 1. The fraction of sp³-hybridized carbons (Fsp3) is 0.316. The zero-order valence-corrected chi connectivity index (χ0v) is 17.3. The second kappa shape index (κ2) is 11.5. The number of ether oxygens (including phenoxy) is 3. The molecular weight excluding hydrogens is 425 g/mol. The van der Waals surface area contributed by atoms with Crippen LogP contribution in [0.3, 0.4) is 0 Å². The molecule has 0 fully saturated rings. The summed E-state index contributed by atoms with van der Waals surface area (Å²) < 4.78 is 34.3. The van der Waals surface area contributed by atoms with E-state index in [1.165, 1.54) is 25.3 Å². The minimum Gasteiger partial charge on any atom is -0.479 e.